The topological polar surface area (TPSA) is 58.5 Å². The molecule has 0 saturated carbocycles. The van der Waals surface area contributed by atoms with Gasteiger partial charge in [0.15, 0.2) is 0 Å². The molecular formula is C12H19N3O2. The monoisotopic (exact) mass is 237 g/mol. The summed E-state index contributed by atoms with van der Waals surface area (Å²) in [5.41, 5.74) is 0.605. The van der Waals surface area contributed by atoms with Crippen molar-refractivity contribution in [2.24, 2.45) is 0 Å². The first kappa shape index (κ1) is 12.3. The van der Waals surface area contributed by atoms with Crippen molar-refractivity contribution in [2.75, 3.05) is 24.6 Å². The number of likely N-dealkylation sites (N-methyl/N-ethyl adjacent to an activating group) is 1. The molecule has 1 aromatic heterocycles. The molecule has 1 aromatic rings. The maximum Gasteiger partial charge on any atom is 0.147 e. The number of aliphatic hydroxyl groups excluding tert-OH is 1. The van der Waals surface area contributed by atoms with Crippen molar-refractivity contribution in [3.63, 3.8) is 0 Å². The summed E-state index contributed by atoms with van der Waals surface area (Å²) in [5, 5.41) is 9.06. The van der Waals surface area contributed by atoms with E-state index in [9.17, 15) is 0 Å². The van der Waals surface area contributed by atoms with Crippen LogP contribution in [0.5, 0.6) is 0 Å². The highest BCUT2D eigenvalue weighted by Gasteiger charge is 2.19. The molecule has 1 aliphatic heterocycles. The van der Waals surface area contributed by atoms with Crippen LogP contribution in [-0.4, -0.2) is 40.9 Å². The van der Waals surface area contributed by atoms with E-state index >= 15 is 0 Å². The van der Waals surface area contributed by atoms with Gasteiger partial charge in [-0.15, -0.1) is 0 Å². The minimum absolute atomic E-state index is 0.0711. The Morgan fingerprint density at radius 2 is 2.41 bits per heavy atom. The summed E-state index contributed by atoms with van der Waals surface area (Å²) >= 11 is 0. The summed E-state index contributed by atoms with van der Waals surface area (Å²) in [6.45, 7) is 4.59. The molecule has 0 spiro atoms. The second-order valence-corrected chi connectivity index (χ2v) is 4.20. The van der Waals surface area contributed by atoms with Crippen LogP contribution >= 0.6 is 0 Å². The summed E-state index contributed by atoms with van der Waals surface area (Å²) in [6, 6.07) is 0. The van der Waals surface area contributed by atoms with E-state index in [-0.39, 0.29) is 6.61 Å². The highest BCUT2D eigenvalue weighted by atomic mass is 16.5. The average Bonchev–Trinajstić information content (AvgIpc) is 2.89. The van der Waals surface area contributed by atoms with Crippen molar-refractivity contribution in [1.82, 2.24) is 9.97 Å². The Kier molecular flexibility index (Phi) is 4.28. The fraction of sp³-hybridized carbons (Fsp3) is 0.667. The minimum atomic E-state index is -0.0711. The van der Waals surface area contributed by atoms with Crippen LogP contribution in [0.2, 0.25) is 0 Å². The number of nitrogens with zero attached hydrogens (tertiary/aromatic N) is 3. The zero-order chi connectivity index (χ0) is 12.1. The molecule has 2 heterocycles. The Balaban J connectivity index is 2.04. The van der Waals surface area contributed by atoms with Crippen molar-refractivity contribution in [3.05, 3.63) is 18.1 Å². The normalized spacial score (nSPS) is 19.5. The van der Waals surface area contributed by atoms with Crippen LogP contribution in [0.1, 0.15) is 25.5 Å². The molecule has 5 nitrogen and oxygen atoms in total. The van der Waals surface area contributed by atoms with E-state index in [1.54, 1.807) is 12.4 Å². The van der Waals surface area contributed by atoms with Crippen molar-refractivity contribution in [1.29, 1.82) is 0 Å². The molecule has 1 atom stereocenters. The zero-order valence-electron chi connectivity index (χ0n) is 10.2. The van der Waals surface area contributed by atoms with E-state index in [0.29, 0.717) is 11.8 Å². The first-order chi connectivity index (χ1) is 8.33. The van der Waals surface area contributed by atoms with Gasteiger partial charge in [-0.3, -0.25) is 4.98 Å². The smallest absolute Gasteiger partial charge is 0.147 e. The fourth-order valence-electron chi connectivity index (χ4n) is 2.04. The molecule has 1 aliphatic rings. The number of anilines is 1. The molecule has 0 bridgehead atoms. The molecule has 0 aromatic carbocycles. The van der Waals surface area contributed by atoms with Crippen LogP contribution in [0, 0.1) is 0 Å². The van der Waals surface area contributed by atoms with Crippen LogP contribution < -0.4 is 4.90 Å². The first-order valence-electron chi connectivity index (χ1n) is 6.11. The molecule has 1 N–H and O–H groups in total. The van der Waals surface area contributed by atoms with E-state index in [1.165, 1.54) is 0 Å². The summed E-state index contributed by atoms with van der Waals surface area (Å²) in [4.78, 5) is 10.6. The minimum Gasteiger partial charge on any atom is -0.390 e. The summed E-state index contributed by atoms with van der Waals surface area (Å²) in [7, 11) is 0. The summed E-state index contributed by atoms with van der Waals surface area (Å²) < 4.78 is 5.62. The highest BCUT2D eigenvalue weighted by molar-refractivity contribution is 5.36. The molecule has 2 rings (SSSR count). The quantitative estimate of drug-likeness (QED) is 0.827. The molecule has 1 saturated heterocycles. The predicted molar refractivity (Wildman–Crippen MR) is 64.8 cm³/mol. The first-order valence-corrected chi connectivity index (χ1v) is 6.11. The number of hydrogen-bond acceptors (Lipinski definition) is 5. The maximum atomic E-state index is 9.06. The van der Waals surface area contributed by atoms with Crippen LogP contribution in [0.4, 0.5) is 5.82 Å². The standard InChI is InChI=1S/C12H19N3O2/c1-2-15(8-11-4-3-5-17-11)12-7-13-6-10(9-16)14-12/h6-7,11,16H,2-5,8-9H2,1H3. The van der Waals surface area contributed by atoms with Crippen molar-refractivity contribution < 1.29 is 9.84 Å². The number of ether oxygens (including phenoxy) is 1. The molecule has 0 aliphatic carbocycles. The Bertz CT molecular complexity index is 353. The SMILES string of the molecule is CCN(CC1CCCO1)c1cncc(CO)n1. The molecule has 1 unspecified atom stereocenters. The van der Waals surface area contributed by atoms with Crippen LogP contribution in [0.3, 0.4) is 0 Å². The van der Waals surface area contributed by atoms with Gasteiger partial charge in [0.1, 0.15) is 5.82 Å². The second-order valence-electron chi connectivity index (χ2n) is 4.20. The average molecular weight is 237 g/mol. The largest absolute Gasteiger partial charge is 0.390 e. The number of rotatable bonds is 5. The fourth-order valence-corrected chi connectivity index (χ4v) is 2.04. The number of hydrogen-bond donors (Lipinski definition) is 1. The Labute approximate surface area is 101 Å². The molecule has 5 heteroatoms. The molecule has 0 amide bonds. The van der Waals surface area contributed by atoms with Gasteiger partial charge in [0.05, 0.1) is 30.8 Å². The van der Waals surface area contributed by atoms with E-state index in [0.717, 1.165) is 38.4 Å². The van der Waals surface area contributed by atoms with Gasteiger partial charge >= 0.3 is 0 Å². The van der Waals surface area contributed by atoms with Crippen molar-refractivity contribution in [2.45, 2.75) is 32.5 Å². The number of aliphatic hydroxyl groups is 1. The lowest BCUT2D eigenvalue weighted by Gasteiger charge is -2.24. The Morgan fingerprint density at radius 3 is 3.06 bits per heavy atom. The third-order valence-corrected chi connectivity index (χ3v) is 2.99. The van der Waals surface area contributed by atoms with Crippen molar-refractivity contribution >= 4 is 5.82 Å². The number of aromatic nitrogens is 2. The van der Waals surface area contributed by atoms with Gasteiger partial charge in [-0.25, -0.2) is 4.98 Å². The van der Waals surface area contributed by atoms with E-state index in [2.05, 4.69) is 21.8 Å². The van der Waals surface area contributed by atoms with E-state index in [1.807, 2.05) is 0 Å². The summed E-state index contributed by atoms with van der Waals surface area (Å²) in [6.07, 6.45) is 5.88. The van der Waals surface area contributed by atoms with Gasteiger partial charge in [0, 0.05) is 19.7 Å². The van der Waals surface area contributed by atoms with Crippen LogP contribution in [0.25, 0.3) is 0 Å². The van der Waals surface area contributed by atoms with E-state index < -0.39 is 0 Å². The van der Waals surface area contributed by atoms with Gasteiger partial charge in [0.25, 0.3) is 0 Å². The lowest BCUT2D eigenvalue weighted by molar-refractivity contribution is 0.115. The van der Waals surface area contributed by atoms with Crippen molar-refractivity contribution in [3.8, 4) is 0 Å². The van der Waals surface area contributed by atoms with Gasteiger partial charge in [-0.2, -0.15) is 0 Å². The highest BCUT2D eigenvalue weighted by Crippen LogP contribution is 2.17. The Hall–Kier alpha value is -1.20. The third-order valence-electron chi connectivity index (χ3n) is 2.99. The summed E-state index contributed by atoms with van der Waals surface area (Å²) in [5.74, 6) is 0.814. The molecule has 1 fully saturated rings. The molecule has 17 heavy (non-hydrogen) atoms. The maximum absolute atomic E-state index is 9.06. The van der Waals surface area contributed by atoms with Crippen LogP contribution in [0.15, 0.2) is 12.4 Å². The van der Waals surface area contributed by atoms with Gasteiger partial charge < -0.3 is 14.7 Å². The Morgan fingerprint density at radius 1 is 1.53 bits per heavy atom. The van der Waals surface area contributed by atoms with Gasteiger partial charge in [-0.05, 0) is 19.8 Å². The molecule has 94 valence electrons. The van der Waals surface area contributed by atoms with Crippen LogP contribution in [-0.2, 0) is 11.3 Å². The second kappa shape index (κ2) is 5.93. The lowest BCUT2D eigenvalue weighted by Crippen LogP contribution is -2.32. The molecular weight excluding hydrogens is 218 g/mol. The zero-order valence-corrected chi connectivity index (χ0v) is 10.2. The molecule has 0 radical (unpaired) electrons. The van der Waals surface area contributed by atoms with E-state index in [4.69, 9.17) is 9.84 Å². The lowest BCUT2D eigenvalue weighted by atomic mass is 10.2. The predicted octanol–water partition coefficient (Wildman–Crippen LogP) is 0.974. The van der Waals surface area contributed by atoms with Gasteiger partial charge in [-0.1, -0.05) is 0 Å². The van der Waals surface area contributed by atoms with Gasteiger partial charge in [0.2, 0.25) is 0 Å². The third kappa shape index (κ3) is 3.14.